The molecule has 1 N–H and O–H groups in total. The van der Waals surface area contributed by atoms with E-state index in [1.54, 1.807) is 0 Å². The molecular weight excluding hydrogens is 202 g/mol. The predicted molar refractivity (Wildman–Crippen MR) is 61.0 cm³/mol. The van der Waals surface area contributed by atoms with Crippen LogP contribution in [0.3, 0.4) is 0 Å². The maximum Gasteiger partial charge on any atom is 0.133 e. The minimum Gasteiger partial charge on any atom is -0.361 e. The number of likely N-dealkylation sites (tertiary alicyclic amines) is 1. The molecule has 1 aromatic rings. The van der Waals surface area contributed by atoms with Crippen molar-refractivity contribution in [2.45, 2.75) is 19.9 Å². The largest absolute Gasteiger partial charge is 0.361 e. The first-order valence-corrected chi connectivity index (χ1v) is 6.16. The van der Waals surface area contributed by atoms with Gasteiger partial charge < -0.3 is 9.84 Å². The van der Waals surface area contributed by atoms with Gasteiger partial charge >= 0.3 is 0 Å². The number of nitrogens with zero attached hydrogens (tertiary/aromatic N) is 2. The summed E-state index contributed by atoms with van der Waals surface area (Å²) in [7, 11) is 0. The average Bonchev–Trinajstić information content (AvgIpc) is 2.87. The van der Waals surface area contributed by atoms with Gasteiger partial charge in [-0.1, -0.05) is 5.16 Å². The van der Waals surface area contributed by atoms with Crippen molar-refractivity contribution in [2.24, 2.45) is 11.8 Å². The van der Waals surface area contributed by atoms with Gasteiger partial charge in [0.2, 0.25) is 0 Å². The highest BCUT2D eigenvalue weighted by atomic mass is 16.5. The second-order valence-corrected chi connectivity index (χ2v) is 5.13. The second-order valence-electron chi connectivity index (χ2n) is 5.13. The number of nitrogens with one attached hydrogen (secondary N) is 1. The van der Waals surface area contributed by atoms with Crippen molar-refractivity contribution >= 4 is 0 Å². The molecular formula is C12H19N3O. The Morgan fingerprint density at radius 3 is 3.19 bits per heavy atom. The summed E-state index contributed by atoms with van der Waals surface area (Å²) in [6.07, 6.45) is 1.33. The van der Waals surface area contributed by atoms with Crippen molar-refractivity contribution in [1.82, 2.24) is 15.4 Å². The molecule has 16 heavy (non-hydrogen) atoms. The normalized spacial score (nSPS) is 30.6. The molecule has 4 nitrogen and oxygen atoms in total. The molecule has 2 aliphatic heterocycles. The summed E-state index contributed by atoms with van der Waals surface area (Å²) in [5.74, 6) is 2.67. The van der Waals surface area contributed by atoms with Gasteiger partial charge in [0.15, 0.2) is 0 Å². The van der Waals surface area contributed by atoms with Crippen LogP contribution in [0.1, 0.15) is 17.9 Å². The van der Waals surface area contributed by atoms with E-state index in [2.05, 4.69) is 15.4 Å². The second kappa shape index (κ2) is 4.18. The Labute approximate surface area is 96.0 Å². The predicted octanol–water partition coefficient (Wildman–Crippen LogP) is 1.02. The lowest BCUT2D eigenvalue weighted by molar-refractivity contribution is 0.139. The fraction of sp³-hybridized carbons (Fsp3) is 0.750. The molecule has 0 radical (unpaired) electrons. The Morgan fingerprint density at radius 1 is 1.50 bits per heavy atom. The summed E-state index contributed by atoms with van der Waals surface area (Å²) in [5.41, 5.74) is 1.07. The summed E-state index contributed by atoms with van der Waals surface area (Å²) < 4.78 is 5.10. The zero-order chi connectivity index (χ0) is 11.0. The maximum absolute atomic E-state index is 5.10. The van der Waals surface area contributed by atoms with E-state index in [9.17, 15) is 0 Å². The Balaban J connectivity index is 1.60. The average molecular weight is 221 g/mol. The van der Waals surface area contributed by atoms with E-state index >= 15 is 0 Å². The van der Waals surface area contributed by atoms with Crippen LogP contribution in [0.15, 0.2) is 10.6 Å². The number of fused-ring (bicyclic) bond motifs is 1. The number of aryl methyl sites for hydroxylation is 1. The van der Waals surface area contributed by atoms with Gasteiger partial charge in [0, 0.05) is 19.2 Å². The lowest BCUT2D eigenvalue weighted by Gasteiger charge is -2.33. The number of rotatable bonds is 2. The summed E-state index contributed by atoms with van der Waals surface area (Å²) in [6.45, 7) is 7.73. The van der Waals surface area contributed by atoms with Gasteiger partial charge in [0.05, 0.1) is 5.69 Å². The van der Waals surface area contributed by atoms with Crippen molar-refractivity contribution in [2.75, 3.05) is 26.2 Å². The highest BCUT2D eigenvalue weighted by molar-refractivity contribution is 5.03. The fourth-order valence-electron chi connectivity index (χ4n) is 2.98. The standard InChI is InChI=1S/C12H19N3O/c1-9-4-12(14-16-9)8-15-3-2-10-5-13-6-11(10)7-15/h4,10-11,13H,2-3,5-8H2,1H3. The third-order valence-corrected chi connectivity index (χ3v) is 3.85. The van der Waals surface area contributed by atoms with E-state index in [1.807, 2.05) is 13.0 Å². The molecule has 2 unspecified atom stereocenters. The number of aromatic nitrogens is 1. The van der Waals surface area contributed by atoms with E-state index in [4.69, 9.17) is 4.52 Å². The number of piperidine rings is 1. The van der Waals surface area contributed by atoms with Crippen molar-refractivity contribution in [3.05, 3.63) is 17.5 Å². The van der Waals surface area contributed by atoms with E-state index in [-0.39, 0.29) is 0 Å². The van der Waals surface area contributed by atoms with Crippen LogP contribution in [0.4, 0.5) is 0 Å². The molecule has 0 aromatic carbocycles. The van der Waals surface area contributed by atoms with Crippen LogP contribution in [-0.2, 0) is 6.54 Å². The summed E-state index contributed by atoms with van der Waals surface area (Å²) in [4.78, 5) is 2.51. The first-order valence-electron chi connectivity index (χ1n) is 6.16. The highest BCUT2D eigenvalue weighted by Gasteiger charge is 2.32. The number of hydrogen-bond acceptors (Lipinski definition) is 4. The first kappa shape index (κ1) is 10.3. The van der Waals surface area contributed by atoms with Gasteiger partial charge in [-0.3, -0.25) is 4.90 Å². The van der Waals surface area contributed by atoms with Gasteiger partial charge in [-0.25, -0.2) is 0 Å². The molecule has 88 valence electrons. The zero-order valence-corrected chi connectivity index (χ0v) is 9.78. The van der Waals surface area contributed by atoms with Crippen molar-refractivity contribution in [3.63, 3.8) is 0 Å². The van der Waals surface area contributed by atoms with E-state index < -0.39 is 0 Å². The van der Waals surface area contributed by atoms with E-state index in [0.29, 0.717) is 0 Å². The monoisotopic (exact) mass is 221 g/mol. The minimum atomic E-state index is 0.849. The molecule has 4 heteroatoms. The highest BCUT2D eigenvalue weighted by Crippen LogP contribution is 2.27. The molecule has 2 aliphatic rings. The van der Waals surface area contributed by atoms with Gasteiger partial charge in [-0.05, 0) is 44.8 Å². The molecule has 2 saturated heterocycles. The summed E-state index contributed by atoms with van der Waals surface area (Å²) in [5, 5.41) is 7.56. The van der Waals surface area contributed by atoms with Crippen LogP contribution in [-0.4, -0.2) is 36.2 Å². The molecule has 0 amide bonds. The summed E-state index contributed by atoms with van der Waals surface area (Å²) >= 11 is 0. The maximum atomic E-state index is 5.10. The van der Waals surface area contributed by atoms with Gasteiger partial charge in [-0.15, -0.1) is 0 Å². The van der Waals surface area contributed by atoms with Crippen LogP contribution in [0.2, 0.25) is 0 Å². The molecule has 3 heterocycles. The van der Waals surface area contributed by atoms with Gasteiger partial charge in [0.25, 0.3) is 0 Å². The van der Waals surface area contributed by atoms with Gasteiger partial charge in [-0.2, -0.15) is 0 Å². The molecule has 0 aliphatic carbocycles. The molecule has 3 rings (SSSR count). The fourth-order valence-corrected chi connectivity index (χ4v) is 2.98. The molecule has 0 bridgehead atoms. The molecule has 1 aromatic heterocycles. The topological polar surface area (TPSA) is 41.3 Å². The third kappa shape index (κ3) is 1.99. The molecule has 0 saturated carbocycles. The van der Waals surface area contributed by atoms with Crippen molar-refractivity contribution < 1.29 is 4.52 Å². The first-order chi connectivity index (χ1) is 7.81. The number of hydrogen-bond donors (Lipinski definition) is 1. The molecule has 0 spiro atoms. The lowest BCUT2D eigenvalue weighted by Crippen LogP contribution is -2.39. The lowest BCUT2D eigenvalue weighted by atomic mass is 9.89. The van der Waals surface area contributed by atoms with Crippen molar-refractivity contribution in [1.29, 1.82) is 0 Å². The molecule has 2 fully saturated rings. The Bertz CT molecular complexity index is 363. The van der Waals surface area contributed by atoms with E-state index in [1.165, 1.54) is 32.6 Å². The smallest absolute Gasteiger partial charge is 0.133 e. The van der Waals surface area contributed by atoms with Crippen LogP contribution >= 0.6 is 0 Å². The van der Waals surface area contributed by atoms with Crippen LogP contribution in [0.5, 0.6) is 0 Å². The minimum absolute atomic E-state index is 0.849. The van der Waals surface area contributed by atoms with Crippen molar-refractivity contribution in [3.8, 4) is 0 Å². The SMILES string of the molecule is Cc1cc(CN2CCC3CNCC3C2)no1. The Morgan fingerprint density at radius 2 is 2.38 bits per heavy atom. The van der Waals surface area contributed by atoms with Crippen LogP contribution < -0.4 is 5.32 Å². The zero-order valence-electron chi connectivity index (χ0n) is 9.78. The third-order valence-electron chi connectivity index (χ3n) is 3.85. The Kier molecular flexibility index (Phi) is 2.69. The quantitative estimate of drug-likeness (QED) is 0.809. The van der Waals surface area contributed by atoms with Crippen LogP contribution in [0.25, 0.3) is 0 Å². The van der Waals surface area contributed by atoms with E-state index in [0.717, 1.165) is 29.8 Å². The summed E-state index contributed by atoms with van der Waals surface area (Å²) in [6, 6.07) is 2.04. The molecule has 2 atom stereocenters. The van der Waals surface area contributed by atoms with Gasteiger partial charge in [0.1, 0.15) is 5.76 Å². The Hall–Kier alpha value is -0.870. The van der Waals surface area contributed by atoms with Crippen LogP contribution in [0, 0.1) is 18.8 Å².